The van der Waals surface area contributed by atoms with Crippen LogP contribution in [0, 0.1) is 50.2 Å². The standard InChI is InChI=1S/C30H52O2/c1-24(2)13-14-25(3)15-17-27(5)21-11-12-29(7)20(9-10-23(31)30(29,8)32)26(21,4)16-18-28(27,6)22(25)19-24/h20-23,31-32H,9-19H2,1-8H3/t20-,21-,22+,23-,25+,26-,27+,28-,29-,30+/m0/s1. The van der Waals surface area contributed by atoms with Crippen molar-refractivity contribution in [2.24, 2.45) is 50.2 Å². The molecular weight excluding hydrogens is 392 g/mol. The maximum Gasteiger partial charge on any atom is 0.0933 e. The summed E-state index contributed by atoms with van der Waals surface area (Å²) in [7, 11) is 0. The van der Waals surface area contributed by atoms with Crippen LogP contribution < -0.4 is 0 Å². The highest BCUT2D eigenvalue weighted by Crippen LogP contribution is 2.78. The molecule has 0 spiro atoms. The predicted octanol–water partition coefficient (Wildman–Crippen LogP) is 7.36. The average Bonchev–Trinajstić information content (AvgIpc) is 2.69. The van der Waals surface area contributed by atoms with Crippen molar-refractivity contribution in [3.8, 4) is 0 Å². The molecule has 32 heavy (non-hydrogen) atoms. The summed E-state index contributed by atoms with van der Waals surface area (Å²) in [5, 5.41) is 22.3. The van der Waals surface area contributed by atoms with Gasteiger partial charge < -0.3 is 10.2 Å². The largest absolute Gasteiger partial charge is 0.390 e. The van der Waals surface area contributed by atoms with Crippen molar-refractivity contribution in [2.45, 2.75) is 138 Å². The zero-order valence-electron chi connectivity index (χ0n) is 22.5. The minimum Gasteiger partial charge on any atom is -0.390 e. The normalized spacial score (nSPS) is 61.7. The lowest BCUT2D eigenvalue weighted by Gasteiger charge is -2.75. The quantitative estimate of drug-likeness (QED) is 0.409. The number of fused-ring (bicyclic) bond motifs is 7. The van der Waals surface area contributed by atoms with Gasteiger partial charge in [-0.2, -0.15) is 0 Å². The molecule has 5 fully saturated rings. The topological polar surface area (TPSA) is 40.5 Å². The third-order valence-electron chi connectivity index (χ3n) is 14.1. The van der Waals surface area contributed by atoms with Gasteiger partial charge in [-0.25, -0.2) is 0 Å². The Morgan fingerprint density at radius 3 is 1.81 bits per heavy atom. The molecule has 0 aromatic heterocycles. The fourth-order valence-electron chi connectivity index (χ4n) is 11.3. The maximum atomic E-state index is 11.5. The monoisotopic (exact) mass is 444 g/mol. The minimum absolute atomic E-state index is 0.171. The summed E-state index contributed by atoms with van der Waals surface area (Å²) in [4.78, 5) is 0. The van der Waals surface area contributed by atoms with Gasteiger partial charge in [0.15, 0.2) is 0 Å². The fraction of sp³-hybridized carbons (Fsp3) is 1.00. The first kappa shape index (κ1) is 23.7. The van der Waals surface area contributed by atoms with Gasteiger partial charge in [0.25, 0.3) is 0 Å². The van der Waals surface area contributed by atoms with Gasteiger partial charge in [-0.15, -0.1) is 0 Å². The van der Waals surface area contributed by atoms with Gasteiger partial charge in [0.2, 0.25) is 0 Å². The molecule has 0 bridgehead atoms. The average molecular weight is 445 g/mol. The van der Waals surface area contributed by atoms with Gasteiger partial charge in [-0.05, 0) is 122 Å². The molecule has 0 aromatic carbocycles. The van der Waals surface area contributed by atoms with Gasteiger partial charge in [0.1, 0.15) is 0 Å². The molecule has 2 nitrogen and oxygen atoms in total. The Morgan fingerprint density at radius 2 is 1.12 bits per heavy atom. The van der Waals surface area contributed by atoms with E-state index in [0.29, 0.717) is 27.6 Å². The van der Waals surface area contributed by atoms with Crippen LogP contribution in [0.1, 0.15) is 126 Å². The molecule has 5 aliphatic carbocycles. The molecule has 10 atom stereocenters. The van der Waals surface area contributed by atoms with E-state index in [1.165, 1.54) is 51.4 Å². The molecule has 0 unspecified atom stereocenters. The molecule has 2 N–H and O–H groups in total. The van der Waals surface area contributed by atoms with E-state index in [-0.39, 0.29) is 10.8 Å². The molecular formula is C30H52O2. The van der Waals surface area contributed by atoms with E-state index in [4.69, 9.17) is 0 Å². The van der Waals surface area contributed by atoms with Crippen molar-refractivity contribution in [1.29, 1.82) is 0 Å². The fourth-order valence-corrected chi connectivity index (χ4v) is 11.3. The molecule has 0 amide bonds. The molecule has 184 valence electrons. The molecule has 5 saturated carbocycles. The molecule has 0 aliphatic heterocycles. The van der Waals surface area contributed by atoms with Gasteiger partial charge in [-0.3, -0.25) is 0 Å². The van der Waals surface area contributed by atoms with E-state index in [0.717, 1.165) is 31.1 Å². The highest BCUT2D eigenvalue weighted by atomic mass is 16.3. The molecule has 5 rings (SSSR count). The maximum absolute atomic E-state index is 11.5. The summed E-state index contributed by atoms with van der Waals surface area (Å²) in [6.07, 6.45) is 13.2. The van der Waals surface area contributed by atoms with E-state index in [9.17, 15) is 10.2 Å². The second kappa shape index (κ2) is 6.57. The first-order chi connectivity index (χ1) is 14.6. The lowest BCUT2D eigenvalue weighted by molar-refractivity contribution is -0.288. The van der Waals surface area contributed by atoms with Crippen LogP contribution >= 0.6 is 0 Å². The summed E-state index contributed by atoms with van der Waals surface area (Å²) in [5.41, 5.74) is 0.964. The van der Waals surface area contributed by atoms with Crippen LogP contribution in [-0.4, -0.2) is 21.9 Å². The Labute approximate surface area is 198 Å². The molecule has 5 aliphatic rings. The van der Waals surface area contributed by atoms with Crippen LogP contribution in [0.4, 0.5) is 0 Å². The summed E-state index contributed by atoms with van der Waals surface area (Å²) in [5.74, 6) is 2.10. The summed E-state index contributed by atoms with van der Waals surface area (Å²) < 4.78 is 0. The number of rotatable bonds is 0. The number of aliphatic hydroxyl groups excluding tert-OH is 1. The van der Waals surface area contributed by atoms with E-state index in [1.54, 1.807) is 0 Å². The van der Waals surface area contributed by atoms with Gasteiger partial charge in [0.05, 0.1) is 11.7 Å². The van der Waals surface area contributed by atoms with E-state index in [2.05, 4.69) is 48.5 Å². The van der Waals surface area contributed by atoms with Crippen molar-refractivity contribution in [3.63, 3.8) is 0 Å². The Kier molecular flexibility index (Phi) is 4.85. The molecule has 0 aromatic rings. The van der Waals surface area contributed by atoms with E-state index >= 15 is 0 Å². The third kappa shape index (κ3) is 2.66. The first-order valence-electron chi connectivity index (χ1n) is 14.0. The smallest absolute Gasteiger partial charge is 0.0933 e. The van der Waals surface area contributed by atoms with Crippen molar-refractivity contribution >= 4 is 0 Å². The molecule has 0 saturated heterocycles. The molecule has 0 radical (unpaired) electrons. The second-order valence-electron chi connectivity index (χ2n) is 15.7. The van der Waals surface area contributed by atoms with Crippen molar-refractivity contribution in [1.82, 2.24) is 0 Å². The number of hydrogen-bond acceptors (Lipinski definition) is 2. The highest BCUT2D eigenvalue weighted by Gasteiger charge is 2.72. The third-order valence-corrected chi connectivity index (χ3v) is 14.1. The van der Waals surface area contributed by atoms with Crippen molar-refractivity contribution in [2.75, 3.05) is 0 Å². The van der Waals surface area contributed by atoms with Gasteiger partial charge in [-0.1, -0.05) is 48.5 Å². The molecule has 0 heterocycles. The Hall–Kier alpha value is -0.0800. The summed E-state index contributed by atoms with van der Waals surface area (Å²) in [6.45, 7) is 20.0. The molecule has 2 heteroatoms. The van der Waals surface area contributed by atoms with Crippen LogP contribution in [0.25, 0.3) is 0 Å². The Bertz CT molecular complexity index is 786. The van der Waals surface area contributed by atoms with Crippen molar-refractivity contribution < 1.29 is 10.2 Å². The summed E-state index contributed by atoms with van der Waals surface area (Å²) in [6, 6.07) is 0. The van der Waals surface area contributed by atoms with Crippen LogP contribution in [0.2, 0.25) is 0 Å². The van der Waals surface area contributed by atoms with E-state index in [1.807, 2.05) is 6.92 Å². The van der Waals surface area contributed by atoms with E-state index < -0.39 is 11.7 Å². The number of aliphatic hydroxyl groups is 2. The van der Waals surface area contributed by atoms with Gasteiger partial charge in [0, 0.05) is 5.41 Å². The lowest BCUT2D eigenvalue weighted by Crippen LogP contribution is -2.70. The van der Waals surface area contributed by atoms with Crippen LogP contribution in [0.5, 0.6) is 0 Å². The van der Waals surface area contributed by atoms with Crippen molar-refractivity contribution in [3.05, 3.63) is 0 Å². The predicted molar refractivity (Wildman–Crippen MR) is 132 cm³/mol. The van der Waals surface area contributed by atoms with Crippen LogP contribution in [0.15, 0.2) is 0 Å². The zero-order chi connectivity index (χ0) is 23.6. The first-order valence-corrected chi connectivity index (χ1v) is 14.0. The SMILES string of the molecule is CC1(C)CC[C@]2(C)CC[C@]3(C)[C@H]4CC[C@@]5(C)[C@@H](CC[C@H](O)[C@@]5(C)O)[C@]4(C)CC[C@@]3(C)[C@@H]2C1. The minimum atomic E-state index is -0.968. The second-order valence-corrected chi connectivity index (χ2v) is 15.7. The summed E-state index contributed by atoms with van der Waals surface area (Å²) >= 11 is 0. The Morgan fingerprint density at radius 1 is 0.562 bits per heavy atom. The van der Waals surface area contributed by atoms with Crippen LogP contribution in [0.3, 0.4) is 0 Å². The lowest BCUT2D eigenvalue weighted by atomic mass is 9.30. The zero-order valence-corrected chi connectivity index (χ0v) is 22.5. The van der Waals surface area contributed by atoms with Crippen LogP contribution in [-0.2, 0) is 0 Å². The highest BCUT2D eigenvalue weighted by molar-refractivity contribution is 5.21. The Balaban J connectivity index is 1.55. The number of hydrogen-bond donors (Lipinski definition) is 2. The van der Waals surface area contributed by atoms with Gasteiger partial charge >= 0.3 is 0 Å².